The molecule has 4 heterocycles. The van der Waals surface area contributed by atoms with E-state index < -0.39 is 11.7 Å². The predicted octanol–water partition coefficient (Wildman–Crippen LogP) is 7.38. The molecule has 1 saturated heterocycles. The van der Waals surface area contributed by atoms with Gasteiger partial charge in [0.25, 0.3) is 0 Å². The van der Waals surface area contributed by atoms with Crippen LogP contribution in [0, 0.1) is 11.8 Å². The summed E-state index contributed by atoms with van der Waals surface area (Å²) in [6.45, 7) is 1.80. The number of hydrogen-bond donors (Lipinski definition) is 1. The first-order chi connectivity index (χ1) is 21.3. The first-order valence-corrected chi connectivity index (χ1v) is 16.3. The number of alkyl halides is 3. The lowest BCUT2D eigenvalue weighted by Gasteiger charge is -2.25. The maximum absolute atomic E-state index is 14.0. The number of imide groups is 1. The lowest BCUT2D eigenvalue weighted by molar-refractivity contribution is -0.140. The van der Waals surface area contributed by atoms with Crippen molar-refractivity contribution < 1.29 is 22.8 Å². The second kappa shape index (κ2) is 13.2. The first-order valence-electron chi connectivity index (χ1n) is 15.5. The van der Waals surface area contributed by atoms with E-state index >= 15 is 0 Å². The molecular formula is C33H36F3N5O2S. The van der Waals surface area contributed by atoms with E-state index in [4.69, 9.17) is 4.98 Å². The van der Waals surface area contributed by atoms with Crippen molar-refractivity contribution in [3.8, 4) is 11.3 Å². The molecule has 4 bridgehead atoms. The lowest BCUT2D eigenvalue weighted by atomic mass is 9.81. The van der Waals surface area contributed by atoms with Crippen molar-refractivity contribution in [2.75, 3.05) is 29.3 Å². The number of aromatic nitrogens is 2. The zero-order valence-corrected chi connectivity index (χ0v) is 25.3. The summed E-state index contributed by atoms with van der Waals surface area (Å²) < 4.78 is 45.1. The molecule has 6 rings (SSSR count). The molecule has 1 aromatic carbocycles. The van der Waals surface area contributed by atoms with Crippen LogP contribution in [0.4, 0.5) is 24.8 Å². The summed E-state index contributed by atoms with van der Waals surface area (Å²) in [7, 11) is 0. The number of benzene rings is 1. The van der Waals surface area contributed by atoms with Crippen LogP contribution in [0.1, 0.15) is 62.5 Å². The number of carbonyl (C=O) groups is 2. The molecule has 3 aromatic rings. The number of hydrogen-bond acceptors (Lipinski definition) is 7. The molecule has 2 unspecified atom stereocenters. The topological polar surface area (TPSA) is 78.4 Å². The second-order valence-corrected chi connectivity index (χ2v) is 12.6. The van der Waals surface area contributed by atoms with Crippen LogP contribution in [0.3, 0.4) is 0 Å². The van der Waals surface area contributed by atoms with Gasteiger partial charge in [-0.15, -0.1) is 0 Å². The van der Waals surface area contributed by atoms with E-state index in [-0.39, 0.29) is 29.3 Å². The normalized spacial score (nSPS) is 21.1. The van der Waals surface area contributed by atoms with Crippen molar-refractivity contribution in [1.82, 2.24) is 14.9 Å². The number of nitrogens with zero attached hydrogens (tertiary/aromatic N) is 4. The van der Waals surface area contributed by atoms with Gasteiger partial charge in [0.1, 0.15) is 16.7 Å². The van der Waals surface area contributed by atoms with E-state index in [0.717, 1.165) is 68.9 Å². The Morgan fingerprint density at radius 1 is 0.841 bits per heavy atom. The highest BCUT2D eigenvalue weighted by Gasteiger charge is 2.47. The van der Waals surface area contributed by atoms with Crippen molar-refractivity contribution in [3.05, 3.63) is 65.7 Å². The number of amides is 2. The molecule has 2 aromatic heterocycles. The maximum Gasteiger partial charge on any atom is 0.418 e. The second-order valence-electron chi connectivity index (χ2n) is 11.8. The predicted molar refractivity (Wildman–Crippen MR) is 165 cm³/mol. The lowest BCUT2D eigenvalue weighted by Crippen LogP contribution is -2.35. The minimum atomic E-state index is -4.53. The number of nitrogens with one attached hydrogen (secondary N) is 1. The van der Waals surface area contributed by atoms with Gasteiger partial charge in [-0.05, 0) is 68.4 Å². The summed E-state index contributed by atoms with van der Waals surface area (Å²) in [4.78, 5) is 38.9. The summed E-state index contributed by atoms with van der Waals surface area (Å²) in [5.41, 5.74) is 0.501. The first kappa shape index (κ1) is 30.4. The Labute approximate surface area is 259 Å². The largest absolute Gasteiger partial charge is 0.418 e. The number of aryl methyl sites for hydroxylation is 1. The fraction of sp³-hybridized carbons (Fsp3) is 0.455. The molecule has 44 heavy (non-hydrogen) atoms. The van der Waals surface area contributed by atoms with Crippen LogP contribution in [0.25, 0.3) is 11.3 Å². The average molecular weight is 624 g/mol. The van der Waals surface area contributed by atoms with Gasteiger partial charge in [0, 0.05) is 37.1 Å². The molecule has 2 aliphatic heterocycles. The number of pyridine rings is 2. The van der Waals surface area contributed by atoms with Crippen molar-refractivity contribution in [3.63, 3.8) is 0 Å². The minimum Gasteiger partial charge on any atom is -0.357 e. The summed E-state index contributed by atoms with van der Waals surface area (Å²) in [5, 5.41) is 0.650. The van der Waals surface area contributed by atoms with Gasteiger partial charge >= 0.3 is 6.18 Å². The number of anilines is 2. The summed E-state index contributed by atoms with van der Waals surface area (Å²) in [6, 6.07) is 15.3. The van der Waals surface area contributed by atoms with Crippen LogP contribution in [0.2, 0.25) is 0 Å². The van der Waals surface area contributed by atoms with Crippen LogP contribution < -0.4 is 9.62 Å². The van der Waals surface area contributed by atoms with Gasteiger partial charge in [0.15, 0.2) is 0 Å². The number of fused-ring (bicyclic) bond motifs is 7. The smallest absolute Gasteiger partial charge is 0.357 e. The van der Waals surface area contributed by atoms with E-state index in [1.807, 2.05) is 30.3 Å². The van der Waals surface area contributed by atoms with Crippen molar-refractivity contribution in [2.45, 2.75) is 69.0 Å². The van der Waals surface area contributed by atoms with Crippen LogP contribution >= 0.6 is 11.9 Å². The zero-order chi connectivity index (χ0) is 30.7. The maximum atomic E-state index is 14.0. The summed E-state index contributed by atoms with van der Waals surface area (Å²) in [6.07, 6.45) is 2.97. The van der Waals surface area contributed by atoms with E-state index in [2.05, 4.69) is 14.6 Å². The molecule has 1 N–H and O–H groups in total. The van der Waals surface area contributed by atoms with Gasteiger partial charge in [-0.25, -0.2) is 9.97 Å². The Morgan fingerprint density at radius 3 is 2.39 bits per heavy atom. The van der Waals surface area contributed by atoms with E-state index in [1.54, 1.807) is 12.1 Å². The molecule has 7 nitrogen and oxygen atoms in total. The van der Waals surface area contributed by atoms with Gasteiger partial charge in [0.05, 0.1) is 23.1 Å². The number of halogens is 3. The number of rotatable bonds is 4. The third kappa shape index (κ3) is 6.57. The van der Waals surface area contributed by atoms with Gasteiger partial charge in [-0.3, -0.25) is 14.5 Å². The molecule has 232 valence electrons. The molecule has 2 atom stereocenters. The fourth-order valence-electron chi connectivity index (χ4n) is 6.67. The van der Waals surface area contributed by atoms with Crippen LogP contribution in [0.5, 0.6) is 0 Å². The zero-order valence-electron chi connectivity index (χ0n) is 24.5. The molecular weight excluding hydrogens is 587 g/mol. The van der Waals surface area contributed by atoms with Crippen LogP contribution in [0.15, 0.2) is 59.6 Å². The van der Waals surface area contributed by atoms with Gasteiger partial charge in [-0.1, -0.05) is 49.6 Å². The number of carbonyl (C=O) groups excluding carboxylic acids is 2. The van der Waals surface area contributed by atoms with E-state index in [1.165, 1.54) is 22.9 Å². The minimum absolute atomic E-state index is 0.00407. The number of likely N-dealkylation sites (tertiary alicyclic amines) is 1. The fourth-order valence-corrected chi connectivity index (χ4v) is 7.28. The molecule has 2 amide bonds. The van der Waals surface area contributed by atoms with Crippen molar-refractivity contribution in [1.29, 1.82) is 0 Å². The van der Waals surface area contributed by atoms with E-state index in [9.17, 15) is 22.8 Å². The highest BCUT2D eigenvalue weighted by atomic mass is 32.2. The van der Waals surface area contributed by atoms with Gasteiger partial charge < -0.3 is 9.62 Å². The third-order valence-corrected chi connectivity index (χ3v) is 9.63. The molecule has 2 fully saturated rings. The molecule has 0 spiro atoms. The van der Waals surface area contributed by atoms with Gasteiger partial charge in [0.2, 0.25) is 11.8 Å². The van der Waals surface area contributed by atoms with Crippen LogP contribution in [-0.2, 0) is 22.2 Å². The Balaban J connectivity index is 1.21. The van der Waals surface area contributed by atoms with Gasteiger partial charge in [-0.2, -0.15) is 13.2 Å². The Hall–Kier alpha value is -3.60. The Bertz CT molecular complexity index is 1490. The Morgan fingerprint density at radius 2 is 1.61 bits per heavy atom. The third-order valence-electron chi connectivity index (χ3n) is 8.88. The monoisotopic (exact) mass is 623 g/mol. The highest BCUT2D eigenvalue weighted by Crippen LogP contribution is 2.40. The van der Waals surface area contributed by atoms with Crippen LogP contribution in [-0.4, -0.2) is 46.3 Å². The highest BCUT2D eigenvalue weighted by molar-refractivity contribution is 8.00. The standard InChI is InChI=1S/C33H36F3N5O2S/c34-33(35,36)26-17-18-27-37-30(26)23-12-4-3-11-22(23)10-2-1-7-19-40(28-15-8-16-29(38-28)44-39-27)20-9-21-41-31(42)24-13-5-6-14-25(24)32(41)43/h3-4,8,11-12,15-18,24-25H,1-2,5-7,9-10,13-14,19-21H2,(H,37,39). The summed E-state index contributed by atoms with van der Waals surface area (Å²) >= 11 is 1.19. The summed E-state index contributed by atoms with van der Waals surface area (Å²) in [5.74, 6) is 0.809. The molecule has 3 aliphatic rings. The molecule has 0 radical (unpaired) electrons. The van der Waals surface area contributed by atoms with Crippen molar-refractivity contribution >= 4 is 35.4 Å². The molecule has 1 aliphatic carbocycles. The quantitative estimate of drug-likeness (QED) is 0.240. The van der Waals surface area contributed by atoms with Crippen molar-refractivity contribution in [2.24, 2.45) is 11.8 Å². The SMILES string of the molecule is O=C1C2CCCCC2C(=O)N1CCCN1CCCCCc2ccccc2-c2nc(ccc2C(F)(F)F)NSc2cccc1n2. The van der Waals surface area contributed by atoms with E-state index in [0.29, 0.717) is 42.3 Å². The Kier molecular flexibility index (Phi) is 9.11. The average Bonchev–Trinajstić information content (AvgIpc) is 3.27. The molecule has 11 heteroatoms. The molecule has 1 saturated carbocycles.